The van der Waals surface area contributed by atoms with Crippen molar-refractivity contribution in [3.05, 3.63) is 35.4 Å². The summed E-state index contributed by atoms with van der Waals surface area (Å²) in [6.07, 6.45) is -1.86. The van der Waals surface area contributed by atoms with E-state index < -0.39 is 18.2 Å². The number of fused-ring (bicyclic) bond motifs is 1. The maximum atomic E-state index is 11.3. The second kappa shape index (κ2) is 2.63. The quantitative estimate of drug-likeness (QED) is 0.624. The molecular weight excluding hydrogens is 151 g/mol. The molecule has 0 saturated carbocycles. The normalized spacial score (nSPS) is 34.5. The van der Waals surface area contributed by atoms with Crippen molar-refractivity contribution in [2.24, 2.45) is 5.73 Å². The van der Waals surface area contributed by atoms with Crippen LogP contribution in [0.2, 0.25) is 0 Å². The van der Waals surface area contributed by atoms with Crippen LogP contribution < -0.4 is 5.73 Å². The van der Waals surface area contributed by atoms with E-state index in [1.807, 2.05) is 0 Å². The average Bonchev–Trinajstić information content (AvgIpc) is 2.36. The SMILES string of the molecule is [2H]C1([2H])Cc2ccccc2[13C]1([2H])C(N)=O. The van der Waals surface area contributed by atoms with Gasteiger partial charge in [0.2, 0.25) is 5.91 Å². The predicted octanol–water partition coefficient (Wildman–Crippen LogP) is 1.20. The third kappa shape index (κ3) is 0.998. The van der Waals surface area contributed by atoms with Gasteiger partial charge in [-0.2, -0.15) is 0 Å². The molecular formula is C10H11NO. The lowest BCUT2D eigenvalue weighted by atomic mass is 10.1. The Bertz CT molecular complexity index is 432. The van der Waals surface area contributed by atoms with Gasteiger partial charge in [-0.15, -0.1) is 0 Å². The van der Waals surface area contributed by atoms with Crippen molar-refractivity contribution in [3.63, 3.8) is 0 Å². The van der Waals surface area contributed by atoms with E-state index in [0.717, 1.165) is 0 Å². The molecule has 0 aromatic heterocycles. The Morgan fingerprint density at radius 3 is 3.17 bits per heavy atom. The van der Waals surface area contributed by atoms with Gasteiger partial charge in [0.1, 0.15) is 0 Å². The molecule has 2 heteroatoms. The molecule has 2 nitrogen and oxygen atoms in total. The number of aryl methyl sites for hydroxylation is 1. The Kier molecular flexibility index (Phi) is 1.02. The molecule has 1 unspecified atom stereocenters. The Balaban J connectivity index is 2.67. The maximum absolute atomic E-state index is 11.3. The minimum Gasteiger partial charge on any atom is -0.369 e. The number of hydrogen-bond donors (Lipinski definition) is 1. The topological polar surface area (TPSA) is 43.1 Å². The van der Waals surface area contributed by atoms with E-state index in [-0.39, 0.29) is 6.42 Å². The molecule has 0 aliphatic heterocycles. The number of carbonyl (C=O) groups excluding carboxylic acids is 1. The lowest BCUT2D eigenvalue weighted by Gasteiger charge is -2.05. The van der Waals surface area contributed by atoms with Crippen LogP contribution in [0.5, 0.6) is 0 Å². The van der Waals surface area contributed by atoms with E-state index in [0.29, 0.717) is 11.1 Å². The predicted molar refractivity (Wildman–Crippen MR) is 46.7 cm³/mol. The molecule has 0 heterocycles. The standard InChI is InChI=1S/C10H11NO/c11-10(12)9-6-5-7-3-1-2-4-8(7)9/h1-4,9H,5-6H2,(H2,11,12)/i6D2,9+1D. The Morgan fingerprint density at radius 2 is 2.42 bits per heavy atom. The van der Waals surface area contributed by atoms with Crippen molar-refractivity contribution in [1.29, 1.82) is 0 Å². The second-order valence-electron chi connectivity index (χ2n) is 2.75. The number of carbonyl (C=O) groups is 1. The van der Waals surface area contributed by atoms with Gasteiger partial charge >= 0.3 is 0 Å². The Morgan fingerprint density at radius 1 is 1.67 bits per heavy atom. The number of hydrogen-bond acceptors (Lipinski definition) is 1. The van der Waals surface area contributed by atoms with Gasteiger partial charge in [0.15, 0.2) is 0 Å². The molecule has 0 fully saturated rings. The molecule has 0 radical (unpaired) electrons. The van der Waals surface area contributed by atoms with Crippen molar-refractivity contribution in [1.82, 2.24) is 0 Å². The number of primary amides is 1. The zero-order chi connectivity index (χ0) is 11.3. The molecule has 1 aliphatic rings. The third-order valence-electron chi connectivity index (χ3n) is 1.99. The maximum Gasteiger partial charge on any atom is 0.224 e. The molecule has 12 heavy (non-hydrogen) atoms. The summed E-state index contributed by atoms with van der Waals surface area (Å²) in [7, 11) is 0. The number of rotatable bonds is 1. The number of nitrogens with two attached hydrogens (primary N) is 1. The molecule has 2 N–H and O–H groups in total. The van der Waals surface area contributed by atoms with Crippen LogP contribution in [0.25, 0.3) is 0 Å². The van der Waals surface area contributed by atoms with Crippen molar-refractivity contribution in [3.8, 4) is 0 Å². The summed E-state index contributed by atoms with van der Waals surface area (Å²) >= 11 is 0. The fourth-order valence-corrected chi connectivity index (χ4v) is 1.42. The minimum atomic E-state index is -1.95. The first kappa shape index (κ1) is 4.65. The first-order valence-corrected chi connectivity index (χ1v) is 3.78. The van der Waals surface area contributed by atoms with Crippen LogP contribution in [0.1, 0.15) is 27.5 Å². The van der Waals surface area contributed by atoms with Gasteiger partial charge in [-0.1, -0.05) is 24.3 Å². The van der Waals surface area contributed by atoms with Crippen LogP contribution in [0, 0.1) is 0 Å². The summed E-state index contributed by atoms with van der Waals surface area (Å²) in [6, 6.07) is 6.78. The lowest BCUT2D eigenvalue weighted by Crippen LogP contribution is -2.19. The molecule has 1 aromatic rings. The van der Waals surface area contributed by atoms with Crippen LogP contribution in [0.15, 0.2) is 24.3 Å². The van der Waals surface area contributed by atoms with Crippen molar-refractivity contribution in [2.45, 2.75) is 18.7 Å². The monoisotopic (exact) mass is 165 g/mol. The Labute approximate surface area is 75.6 Å². The van der Waals surface area contributed by atoms with Crippen molar-refractivity contribution >= 4 is 5.91 Å². The summed E-state index contributed by atoms with van der Waals surface area (Å²) in [6.45, 7) is 0. The second-order valence-corrected chi connectivity index (χ2v) is 2.75. The molecule has 1 aliphatic carbocycles. The highest BCUT2D eigenvalue weighted by Crippen LogP contribution is 2.32. The highest BCUT2D eigenvalue weighted by molar-refractivity contribution is 5.83. The lowest BCUT2D eigenvalue weighted by molar-refractivity contribution is -0.119. The van der Waals surface area contributed by atoms with E-state index in [4.69, 9.17) is 9.85 Å². The summed E-state index contributed by atoms with van der Waals surface area (Å²) < 4.78 is 23.4. The van der Waals surface area contributed by atoms with Crippen LogP contribution >= 0.6 is 0 Å². The van der Waals surface area contributed by atoms with E-state index in [9.17, 15) is 4.79 Å². The molecule has 0 saturated heterocycles. The van der Waals surface area contributed by atoms with E-state index in [1.54, 1.807) is 24.3 Å². The fraction of sp³-hybridized carbons (Fsp3) is 0.300. The zero-order valence-corrected chi connectivity index (χ0v) is 6.50. The van der Waals surface area contributed by atoms with Crippen LogP contribution in [0.3, 0.4) is 0 Å². The van der Waals surface area contributed by atoms with E-state index >= 15 is 0 Å². The Hall–Kier alpha value is -1.31. The molecule has 1 amide bonds. The average molecular weight is 165 g/mol. The third-order valence-corrected chi connectivity index (χ3v) is 1.99. The van der Waals surface area contributed by atoms with Gasteiger partial charge in [-0.3, -0.25) is 4.79 Å². The largest absolute Gasteiger partial charge is 0.369 e. The van der Waals surface area contributed by atoms with Gasteiger partial charge in [-0.05, 0) is 23.9 Å². The number of benzene rings is 1. The van der Waals surface area contributed by atoms with Crippen molar-refractivity contribution in [2.75, 3.05) is 0 Å². The van der Waals surface area contributed by atoms with Crippen molar-refractivity contribution < 1.29 is 8.91 Å². The molecule has 2 rings (SSSR count). The summed E-state index contributed by atoms with van der Waals surface area (Å²) in [4.78, 5) is 11.3. The molecule has 0 bridgehead atoms. The smallest absolute Gasteiger partial charge is 0.224 e. The van der Waals surface area contributed by atoms with E-state index in [1.165, 1.54) is 0 Å². The van der Waals surface area contributed by atoms with Crippen LogP contribution in [0.4, 0.5) is 0 Å². The fourth-order valence-electron chi connectivity index (χ4n) is 1.42. The van der Waals surface area contributed by atoms with Gasteiger partial charge in [0.05, 0.1) is 5.89 Å². The van der Waals surface area contributed by atoms with Crippen LogP contribution in [-0.2, 0) is 11.2 Å². The summed E-state index contributed by atoms with van der Waals surface area (Å²) in [5, 5.41) is 0. The first-order chi connectivity index (χ1) is 6.89. The highest BCUT2D eigenvalue weighted by atomic mass is 16.2. The van der Waals surface area contributed by atoms with Crippen LogP contribution in [-0.4, -0.2) is 5.91 Å². The molecule has 62 valence electrons. The minimum absolute atomic E-state index is 0.0651. The highest BCUT2D eigenvalue weighted by Gasteiger charge is 2.25. The van der Waals surface area contributed by atoms with Gasteiger partial charge in [0.25, 0.3) is 0 Å². The zero-order valence-electron chi connectivity index (χ0n) is 9.50. The molecule has 0 spiro atoms. The van der Waals surface area contributed by atoms with Gasteiger partial charge in [-0.25, -0.2) is 0 Å². The van der Waals surface area contributed by atoms with Gasteiger partial charge in [0, 0.05) is 4.11 Å². The van der Waals surface area contributed by atoms with Gasteiger partial charge < -0.3 is 5.73 Å². The van der Waals surface area contributed by atoms with E-state index in [2.05, 4.69) is 0 Å². The summed E-state index contributed by atoms with van der Waals surface area (Å²) in [5.41, 5.74) is 6.24. The summed E-state index contributed by atoms with van der Waals surface area (Å²) in [5.74, 6) is -2.89. The number of amides is 1. The first-order valence-electron chi connectivity index (χ1n) is 5.28. The molecule has 1 atom stereocenters. The molecule has 1 aromatic carbocycles.